The van der Waals surface area contributed by atoms with Gasteiger partial charge < -0.3 is 10.4 Å². The van der Waals surface area contributed by atoms with Crippen LogP contribution in [-0.4, -0.2) is 21.6 Å². The van der Waals surface area contributed by atoms with Crippen molar-refractivity contribution < 1.29 is 5.11 Å². The molecule has 1 heterocycles. The number of aromatic hydroxyl groups is 1. The molecule has 0 aliphatic carbocycles. The molecule has 0 saturated heterocycles. The maximum absolute atomic E-state index is 9.22. The minimum atomic E-state index is 0.248. The van der Waals surface area contributed by atoms with Gasteiger partial charge in [0.05, 0.1) is 5.69 Å². The summed E-state index contributed by atoms with van der Waals surface area (Å²) in [7, 11) is 0. The third-order valence-corrected chi connectivity index (χ3v) is 2.39. The SMILES string of the molecule is CCNCc1ccnc(-c2ccc(O)cc2)n1. The number of benzene rings is 1. The quantitative estimate of drug-likeness (QED) is 0.841. The summed E-state index contributed by atoms with van der Waals surface area (Å²) in [4.78, 5) is 8.68. The molecule has 1 aromatic carbocycles. The van der Waals surface area contributed by atoms with E-state index in [2.05, 4.69) is 22.2 Å². The molecule has 0 radical (unpaired) electrons. The van der Waals surface area contributed by atoms with Crippen LogP contribution in [0.2, 0.25) is 0 Å². The lowest BCUT2D eigenvalue weighted by Gasteiger charge is -2.04. The van der Waals surface area contributed by atoms with E-state index in [4.69, 9.17) is 0 Å². The lowest BCUT2D eigenvalue weighted by Crippen LogP contribution is -2.13. The molecule has 0 atom stereocenters. The second kappa shape index (κ2) is 5.41. The highest BCUT2D eigenvalue weighted by Crippen LogP contribution is 2.18. The fourth-order valence-electron chi connectivity index (χ4n) is 1.50. The smallest absolute Gasteiger partial charge is 0.159 e. The van der Waals surface area contributed by atoms with E-state index in [1.165, 1.54) is 0 Å². The normalized spacial score (nSPS) is 10.4. The van der Waals surface area contributed by atoms with Gasteiger partial charge in [0.15, 0.2) is 5.82 Å². The van der Waals surface area contributed by atoms with Crippen molar-refractivity contribution in [1.82, 2.24) is 15.3 Å². The highest BCUT2D eigenvalue weighted by Gasteiger charge is 2.02. The summed E-state index contributed by atoms with van der Waals surface area (Å²) in [5.41, 5.74) is 1.87. The van der Waals surface area contributed by atoms with Crippen LogP contribution in [0.4, 0.5) is 0 Å². The van der Waals surface area contributed by atoms with Gasteiger partial charge in [-0.1, -0.05) is 6.92 Å². The molecule has 0 fully saturated rings. The Kier molecular flexibility index (Phi) is 3.67. The molecule has 0 saturated carbocycles. The third kappa shape index (κ3) is 3.01. The molecule has 17 heavy (non-hydrogen) atoms. The molecule has 2 N–H and O–H groups in total. The monoisotopic (exact) mass is 229 g/mol. The number of phenols is 1. The van der Waals surface area contributed by atoms with E-state index in [-0.39, 0.29) is 5.75 Å². The third-order valence-electron chi connectivity index (χ3n) is 2.39. The largest absolute Gasteiger partial charge is 0.508 e. The van der Waals surface area contributed by atoms with Crippen LogP contribution >= 0.6 is 0 Å². The molecule has 0 bridgehead atoms. The van der Waals surface area contributed by atoms with Gasteiger partial charge >= 0.3 is 0 Å². The maximum Gasteiger partial charge on any atom is 0.159 e. The number of phenolic OH excluding ortho intramolecular Hbond substituents is 1. The lowest BCUT2D eigenvalue weighted by molar-refractivity contribution is 0.475. The van der Waals surface area contributed by atoms with Crippen LogP contribution in [0, 0.1) is 0 Å². The van der Waals surface area contributed by atoms with Crippen LogP contribution in [0.15, 0.2) is 36.5 Å². The van der Waals surface area contributed by atoms with Crippen molar-refractivity contribution in [2.45, 2.75) is 13.5 Å². The summed E-state index contributed by atoms with van der Waals surface area (Å²) < 4.78 is 0. The first-order chi connectivity index (χ1) is 8.29. The molecule has 1 aromatic heterocycles. The zero-order valence-electron chi connectivity index (χ0n) is 9.72. The van der Waals surface area contributed by atoms with Crippen LogP contribution in [-0.2, 0) is 6.54 Å². The summed E-state index contributed by atoms with van der Waals surface area (Å²) in [5, 5.41) is 12.4. The van der Waals surface area contributed by atoms with Crippen LogP contribution in [0.3, 0.4) is 0 Å². The van der Waals surface area contributed by atoms with Crippen molar-refractivity contribution in [3.63, 3.8) is 0 Å². The molecule has 0 aliphatic heterocycles. The Labute approximate surface area is 100 Å². The molecule has 2 rings (SSSR count). The highest BCUT2D eigenvalue weighted by molar-refractivity contribution is 5.55. The van der Waals surface area contributed by atoms with E-state index in [0.29, 0.717) is 5.82 Å². The molecule has 0 unspecified atom stereocenters. The van der Waals surface area contributed by atoms with Gasteiger partial charge in [-0.2, -0.15) is 0 Å². The average molecular weight is 229 g/mol. The van der Waals surface area contributed by atoms with Crippen LogP contribution in [0.25, 0.3) is 11.4 Å². The van der Waals surface area contributed by atoms with Crippen LogP contribution in [0.1, 0.15) is 12.6 Å². The molecule has 0 aliphatic rings. The molecule has 88 valence electrons. The fourth-order valence-corrected chi connectivity index (χ4v) is 1.50. The molecule has 4 heteroatoms. The summed E-state index contributed by atoms with van der Waals surface area (Å²) >= 11 is 0. The zero-order valence-corrected chi connectivity index (χ0v) is 9.72. The Morgan fingerprint density at radius 3 is 2.65 bits per heavy atom. The summed E-state index contributed by atoms with van der Waals surface area (Å²) in [6, 6.07) is 8.78. The van der Waals surface area contributed by atoms with E-state index in [0.717, 1.165) is 24.3 Å². The Balaban J connectivity index is 2.23. The van der Waals surface area contributed by atoms with E-state index in [1.54, 1.807) is 18.3 Å². The Bertz CT molecular complexity index is 482. The Morgan fingerprint density at radius 2 is 1.94 bits per heavy atom. The summed E-state index contributed by atoms with van der Waals surface area (Å²) in [5.74, 6) is 0.929. The average Bonchev–Trinajstić information content (AvgIpc) is 2.37. The zero-order chi connectivity index (χ0) is 12.1. The predicted molar refractivity (Wildman–Crippen MR) is 66.5 cm³/mol. The van der Waals surface area contributed by atoms with Gasteiger partial charge in [0.1, 0.15) is 5.75 Å². The van der Waals surface area contributed by atoms with E-state index in [1.807, 2.05) is 18.2 Å². The van der Waals surface area contributed by atoms with Crippen molar-refractivity contribution in [1.29, 1.82) is 0 Å². The minimum Gasteiger partial charge on any atom is -0.508 e. The number of hydrogen-bond donors (Lipinski definition) is 2. The second-order valence-corrected chi connectivity index (χ2v) is 3.70. The molecule has 0 amide bonds. The minimum absolute atomic E-state index is 0.248. The maximum atomic E-state index is 9.22. The fraction of sp³-hybridized carbons (Fsp3) is 0.231. The van der Waals surface area contributed by atoms with Gasteiger partial charge in [-0.3, -0.25) is 0 Å². The Morgan fingerprint density at radius 1 is 1.18 bits per heavy atom. The first-order valence-corrected chi connectivity index (χ1v) is 5.61. The molecule has 0 spiro atoms. The lowest BCUT2D eigenvalue weighted by atomic mass is 10.2. The van der Waals surface area contributed by atoms with Gasteiger partial charge in [-0.25, -0.2) is 9.97 Å². The number of nitrogens with zero attached hydrogens (tertiary/aromatic N) is 2. The van der Waals surface area contributed by atoms with Crippen molar-refractivity contribution in [2.24, 2.45) is 0 Å². The number of aromatic nitrogens is 2. The van der Waals surface area contributed by atoms with E-state index in [9.17, 15) is 5.11 Å². The van der Waals surface area contributed by atoms with Crippen LogP contribution < -0.4 is 5.32 Å². The second-order valence-electron chi connectivity index (χ2n) is 3.70. The molecular formula is C13H15N3O. The van der Waals surface area contributed by atoms with Gasteiger partial charge in [0.2, 0.25) is 0 Å². The topological polar surface area (TPSA) is 58.0 Å². The molecular weight excluding hydrogens is 214 g/mol. The highest BCUT2D eigenvalue weighted by atomic mass is 16.3. The summed E-state index contributed by atoms with van der Waals surface area (Å²) in [6.07, 6.45) is 1.75. The van der Waals surface area contributed by atoms with Crippen LogP contribution in [0.5, 0.6) is 5.75 Å². The first-order valence-electron chi connectivity index (χ1n) is 5.61. The standard InChI is InChI=1S/C13H15N3O/c1-2-14-9-11-7-8-15-13(16-11)10-3-5-12(17)6-4-10/h3-8,14,17H,2,9H2,1H3. The van der Waals surface area contributed by atoms with Crippen molar-refractivity contribution in [3.8, 4) is 17.1 Å². The van der Waals surface area contributed by atoms with Crippen molar-refractivity contribution in [2.75, 3.05) is 6.54 Å². The predicted octanol–water partition coefficient (Wildman–Crippen LogP) is 1.96. The summed E-state index contributed by atoms with van der Waals surface area (Å²) in [6.45, 7) is 3.71. The number of rotatable bonds is 4. The first kappa shape index (κ1) is 11.5. The van der Waals surface area contributed by atoms with Gasteiger partial charge in [-0.05, 0) is 36.9 Å². The van der Waals surface area contributed by atoms with Gasteiger partial charge in [-0.15, -0.1) is 0 Å². The number of hydrogen-bond acceptors (Lipinski definition) is 4. The molecule has 2 aromatic rings. The van der Waals surface area contributed by atoms with Gasteiger partial charge in [0, 0.05) is 18.3 Å². The van der Waals surface area contributed by atoms with E-state index < -0.39 is 0 Å². The number of nitrogens with one attached hydrogen (secondary N) is 1. The van der Waals surface area contributed by atoms with Crippen molar-refractivity contribution >= 4 is 0 Å². The van der Waals surface area contributed by atoms with Gasteiger partial charge in [0.25, 0.3) is 0 Å². The Hall–Kier alpha value is -1.94. The van der Waals surface area contributed by atoms with E-state index >= 15 is 0 Å². The van der Waals surface area contributed by atoms with Crippen molar-refractivity contribution in [3.05, 3.63) is 42.2 Å². The molecule has 4 nitrogen and oxygen atoms in total.